The van der Waals surface area contributed by atoms with Crippen molar-refractivity contribution in [3.05, 3.63) is 24.3 Å². The minimum atomic E-state index is -0.887. The minimum Gasteiger partial charge on any atom is -0.494 e. The number of aliphatic hydroxyl groups is 1. The van der Waals surface area contributed by atoms with Gasteiger partial charge < -0.3 is 19.9 Å². The summed E-state index contributed by atoms with van der Waals surface area (Å²) in [5.41, 5.74) is -0.718. The molecular formula is C22H29NO5. The average molecular weight is 387 g/mol. The first kappa shape index (κ1) is 19.2. The van der Waals surface area contributed by atoms with Gasteiger partial charge in [-0.1, -0.05) is 0 Å². The number of amides is 1. The standard InChI is InChI=1S/C22H29NO5/c1-3-27-18-6-4-17(5-7-18)23-19(24)14(2)28-20(25)21-9-15-8-16(10-21)12-22(26,11-15)13-21/h4-7,14-16,26H,3,8-13H2,1-2H3,(H,23,24)/t14-,15-,16+,21?,22?/m1/s1. The molecule has 1 aromatic carbocycles. The summed E-state index contributed by atoms with van der Waals surface area (Å²) >= 11 is 0. The van der Waals surface area contributed by atoms with Crippen molar-refractivity contribution >= 4 is 17.6 Å². The predicted molar refractivity (Wildman–Crippen MR) is 104 cm³/mol. The molecule has 4 bridgehead atoms. The molecule has 0 heterocycles. The molecule has 0 aromatic heterocycles. The molecule has 2 unspecified atom stereocenters. The van der Waals surface area contributed by atoms with E-state index >= 15 is 0 Å². The van der Waals surface area contributed by atoms with Crippen LogP contribution in [0.1, 0.15) is 52.4 Å². The molecule has 4 saturated carbocycles. The van der Waals surface area contributed by atoms with Gasteiger partial charge in [0.25, 0.3) is 5.91 Å². The zero-order chi connectivity index (χ0) is 19.9. The molecule has 1 amide bonds. The molecule has 6 nitrogen and oxygen atoms in total. The van der Waals surface area contributed by atoms with Crippen LogP contribution in [0, 0.1) is 17.3 Å². The zero-order valence-corrected chi connectivity index (χ0v) is 16.6. The third-order valence-corrected chi connectivity index (χ3v) is 6.55. The lowest BCUT2D eigenvalue weighted by Gasteiger charge is -2.58. The molecule has 2 N–H and O–H groups in total. The molecule has 0 saturated heterocycles. The van der Waals surface area contributed by atoms with E-state index in [-0.39, 0.29) is 11.9 Å². The van der Waals surface area contributed by atoms with Gasteiger partial charge in [0.05, 0.1) is 17.6 Å². The van der Waals surface area contributed by atoms with Gasteiger partial charge in [-0.25, -0.2) is 0 Å². The summed E-state index contributed by atoms with van der Waals surface area (Å²) in [4.78, 5) is 25.5. The number of rotatable bonds is 6. The monoisotopic (exact) mass is 387 g/mol. The van der Waals surface area contributed by atoms with Crippen LogP contribution in [0.5, 0.6) is 5.75 Å². The molecule has 4 fully saturated rings. The Morgan fingerprint density at radius 3 is 2.39 bits per heavy atom. The van der Waals surface area contributed by atoms with Crippen molar-refractivity contribution in [1.82, 2.24) is 0 Å². The summed E-state index contributed by atoms with van der Waals surface area (Å²) in [6.45, 7) is 4.09. The van der Waals surface area contributed by atoms with Crippen LogP contribution in [-0.4, -0.2) is 35.3 Å². The highest BCUT2D eigenvalue weighted by Crippen LogP contribution is 2.62. The number of carbonyl (C=O) groups excluding carboxylic acids is 2. The SMILES string of the molecule is CCOc1ccc(NC(=O)[C@@H](C)OC(=O)C23C[C@@H]4C[C@@H](CC(O)(C4)C2)C3)cc1. The Morgan fingerprint density at radius 1 is 1.18 bits per heavy atom. The summed E-state index contributed by atoms with van der Waals surface area (Å²) in [6, 6.07) is 7.08. The van der Waals surface area contributed by atoms with Crippen molar-refractivity contribution in [3.63, 3.8) is 0 Å². The quantitative estimate of drug-likeness (QED) is 0.732. The molecule has 28 heavy (non-hydrogen) atoms. The van der Waals surface area contributed by atoms with Crippen molar-refractivity contribution in [2.75, 3.05) is 11.9 Å². The predicted octanol–water partition coefficient (Wildman–Crippen LogP) is 3.29. The van der Waals surface area contributed by atoms with E-state index in [0.717, 1.165) is 37.9 Å². The van der Waals surface area contributed by atoms with E-state index in [1.807, 2.05) is 6.92 Å². The van der Waals surface area contributed by atoms with Gasteiger partial charge in [0.1, 0.15) is 5.75 Å². The van der Waals surface area contributed by atoms with E-state index < -0.39 is 17.1 Å². The summed E-state index contributed by atoms with van der Waals surface area (Å²) < 4.78 is 11.0. The lowest BCUT2D eigenvalue weighted by Crippen LogP contribution is -2.59. The molecule has 4 aliphatic rings. The first-order valence-electron chi connectivity index (χ1n) is 10.3. The van der Waals surface area contributed by atoms with Crippen LogP contribution in [0.15, 0.2) is 24.3 Å². The van der Waals surface area contributed by atoms with E-state index in [4.69, 9.17) is 9.47 Å². The highest BCUT2D eigenvalue weighted by Gasteiger charge is 2.61. The van der Waals surface area contributed by atoms with Crippen LogP contribution in [0.2, 0.25) is 0 Å². The second kappa shape index (κ2) is 7.07. The smallest absolute Gasteiger partial charge is 0.312 e. The summed E-state index contributed by atoms with van der Waals surface area (Å²) in [5, 5.41) is 13.6. The number of carbonyl (C=O) groups is 2. The van der Waals surface area contributed by atoms with Crippen molar-refractivity contribution in [2.45, 2.75) is 64.1 Å². The van der Waals surface area contributed by atoms with Crippen molar-refractivity contribution in [1.29, 1.82) is 0 Å². The Labute approximate surface area is 165 Å². The number of nitrogens with one attached hydrogen (secondary N) is 1. The molecule has 1 aromatic rings. The van der Waals surface area contributed by atoms with Gasteiger partial charge >= 0.3 is 5.97 Å². The third-order valence-electron chi connectivity index (χ3n) is 6.55. The molecular weight excluding hydrogens is 358 g/mol. The normalized spacial score (nSPS) is 34.0. The Morgan fingerprint density at radius 2 is 1.82 bits per heavy atom. The number of ether oxygens (including phenoxy) is 2. The first-order chi connectivity index (χ1) is 13.3. The molecule has 0 radical (unpaired) electrons. The van der Waals surface area contributed by atoms with E-state index in [2.05, 4.69) is 5.32 Å². The number of hydrogen-bond donors (Lipinski definition) is 2. The highest BCUT2D eigenvalue weighted by atomic mass is 16.5. The van der Waals surface area contributed by atoms with Crippen LogP contribution in [0.25, 0.3) is 0 Å². The number of anilines is 1. The second-order valence-electron chi connectivity index (χ2n) is 8.96. The summed E-state index contributed by atoms with van der Waals surface area (Å²) in [5.74, 6) is 0.841. The molecule has 5 atom stereocenters. The summed E-state index contributed by atoms with van der Waals surface area (Å²) in [7, 11) is 0. The van der Waals surface area contributed by atoms with Gasteiger partial charge in [0.15, 0.2) is 6.10 Å². The van der Waals surface area contributed by atoms with Crippen molar-refractivity contribution < 1.29 is 24.2 Å². The van der Waals surface area contributed by atoms with Gasteiger partial charge in [-0.15, -0.1) is 0 Å². The van der Waals surface area contributed by atoms with E-state index in [0.29, 0.717) is 30.6 Å². The molecule has 152 valence electrons. The lowest BCUT2D eigenvalue weighted by molar-refractivity contribution is -0.199. The van der Waals surface area contributed by atoms with Gasteiger partial charge in [-0.3, -0.25) is 9.59 Å². The second-order valence-corrected chi connectivity index (χ2v) is 8.96. The number of benzene rings is 1. The fourth-order valence-corrected chi connectivity index (χ4v) is 5.84. The van der Waals surface area contributed by atoms with Gasteiger partial charge in [0, 0.05) is 5.69 Å². The maximum atomic E-state index is 13.0. The first-order valence-corrected chi connectivity index (χ1v) is 10.3. The zero-order valence-electron chi connectivity index (χ0n) is 16.6. The molecule has 0 spiro atoms. The maximum absolute atomic E-state index is 13.0. The van der Waals surface area contributed by atoms with E-state index in [1.165, 1.54) is 0 Å². The van der Waals surface area contributed by atoms with Crippen molar-refractivity contribution in [2.24, 2.45) is 17.3 Å². The van der Waals surface area contributed by atoms with Crippen LogP contribution < -0.4 is 10.1 Å². The number of esters is 1. The average Bonchev–Trinajstić information content (AvgIpc) is 2.61. The van der Waals surface area contributed by atoms with Crippen molar-refractivity contribution in [3.8, 4) is 5.75 Å². The fourth-order valence-electron chi connectivity index (χ4n) is 5.84. The van der Waals surface area contributed by atoms with Gasteiger partial charge in [-0.2, -0.15) is 0 Å². The Balaban J connectivity index is 1.37. The fraction of sp³-hybridized carbons (Fsp3) is 0.636. The Hall–Kier alpha value is -2.08. The third kappa shape index (κ3) is 3.62. The van der Waals surface area contributed by atoms with Crippen LogP contribution >= 0.6 is 0 Å². The maximum Gasteiger partial charge on any atom is 0.312 e. The topological polar surface area (TPSA) is 84.9 Å². The lowest BCUT2D eigenvalue weighted by atomic mass is 9.48. The Bertz CT molecular complexity index is 745. The largest absolute Gasteiger partial charge is 0.494 e. The molecule has 6 heteroatoms. The number of hydrogen-bond acceptors (Lipinski definition) is 5. The molecule has 5 rings (SSSR count). The van der Waals surface area contributed by atoms with Crippen LogP contribution in [-0.2, 0) is 14.3 Å². The highest BCUT2D eigenvalue weighted by molar-refractivity contribution is 5.95. The van der Waals surface area contributed by atoms with Gasteiger partial charge in [-0.05, 0) is 88.5 Å². The molecule has 0 aliphatic heterocycles. The van der Waals surface area contributed by atoms with E-state index in [1.54, 1.807) is 31.2 Å². The van der Waals surface area contributed by atoms with Crippen LogP contribution in [0.3, 0.4) is 0 Å². The molecule has 4 aliphatic carbocycles. The summed E-state index contributed by atoms with van der Waals surface area (Å²) in [6.07, 6.45) is 3.83. The van der Waals surface area contributed by atoms with Gasteiger partial charge in [0.2, 0.25) is 0 Å². The van der Waals surface area contributed by atoms with Crippen LogP contribution in [0.4, 0.5) is 5.69 Å². The Kier molecular flexibility index (Phi) is 4.86. The minimum absolute atomic E-state index is 0.325. The van der Waals surface area contributed by atoms with E-state index in [9.17, 15) is 14.7 Å².